The molecule has 7 heteroatoms. The Balaban J connectivity index is 3.09. The van der Waals surface area contributed by atoms with Crippen molar-refractivity contribution in [1.29, 1.82) is 0 Å². The first-order valence-corrected chi connectivity index (χ1v) is 5.72. The highest BCUT2D eigenvalue weighted by Gasteiger charge is 2.34. The molecule has 19 heavy (non-hydrogen) atoms. The molecular formula is C12H15F3N2O2. The van der Waals surface area contributed by atoms with Gasteiger partial charge in [-0.3, -0.25) is 0 Å². The molecule has 0 unspecified atom stereocenters. The fraction of sp³-hybridized carbons (Fsp3) is 0.417. The van der Waals surface area contributed by atoms with Crippen molar-refractivity contribution in [1.82, 2.24) is 0 Å². The predicted molar refractivity (Wildman–Crippen MR) is 64.4 cm³/mol. The lowest BCUT2D eigenvalue weighted by atomic mass is 10.1. The zero-order valence-corrected chi connectivity index (χ0v) is 10.4. The lowest BCUT2D eigenvalue weighted by Crippen LogP contribution is -2.20. The predicted octanol–water partition coefficient (Wildman–Crippen LogP) is 2.98. The van der Waals surface area contributed by atoms with Gasteiger partial charge in [0.2, 0.25) is 0 Å². The van der Waals surface area contributed by atoms with Gasteiger partial charge in [-0.15, -0.1) is 0 Å². The number of amidine groups is 1. The minimum absolute atomic E-state index is 0.253. The Morgan fingerprint density at radius 3 is 2.63 bits per heavy atom. The Morgan fingerprint density at radius 2 is 2.11 bits per heavy atom. The summed E-state index contributed by atoms with van der Waals surface area (Å²) >= 11 is 0. The topological polar surface area (TPSA) is 67.8 Å². The van der Waals surface area contributed by atoms with Gasteiger partial charge in [0.25, 0.3) is 0 Å². The van der Waals surface area contributed by atoms with E-state index in [1.807, 2.05) is 6.92 Å². The first-order chi connectivity index (χ1) is 8.90. The maximum absolute atomic E-state index is 12.8. The summed E-state index contributed by atoms with van der Waals surface area (Å²) in [6.07, 6.45) is -2.87. The number of benzene rings is 1. The molecular weight excluding hydrogens is 261 g/mol. The minimum Gasteiger partial charge on any atom is -0.494 e. The summed E-state index contributed by atoms with van der Waals surface area (Å²) in [5, 5.41) is 11.1. The van der Waals surface area contributed by atoms with E-state index in [0.29, 0.717) is 6.61 Å². The van der Waals surface area contributed by atoms with Gasteiger partial charge in [0.1, 0.15) is 5.75 Å². The van der Waals surface area contributed by atoms with Crippen LogP contribution in [0.5, 0.6) is 5.75 Å². The van der Waals surface area contributed by atoms with Gasteiger partial charge in [0.15, 0.2) is 5.84 Å². The molecule has 1 rings (SSSR count). The van der Waals surface area contributed by atoms with E-state index in [2.05, 4.69) is 5.16 Å². The summed E-state index contributed by atoms with van der Waals surface area (Å²) in [7, 11) is 0. The molecule has 0 aromatic heterocycles. The summed E-state index contributed by atoms with van der Waals surface area (Å²) < 4.78 is 43.5. The molecule has 0 aliphatic heterocycles. The highest BCUT2D eigenvalue weighted by molar-refractivity contribution is 5.99. The fourth-order valence-electron chi connectivity index (χ4n) is 1.46. The normalized spacial score (nSPS) is 12.5. The van der Waals surface area contributed by atoms with E-state index in [1.54, 1.807) is 0 Å². The van der Waals surface area contributed by atoms with Crippen molar-refractivity contribution >= 4 is 5.84 Å². The van der Waals surface area contributed by atoms with Crippen molar-refractivity contribution in [2.75, 3.05) is 6.61 Å². The minimum atomic E-state index is -4.58. The molecule has 0 aliphatic rings. The number of ether oxygens (including phenoxy) is 1. The van der Waals surface area contributed by atoms with Crippen LogP contribution >= 0.6 is 0 Å². The fourth-order valence-corrected chi connectivity index (χ4v) is 1.46. The second-order valence-corrected chi connectivity index (χ2v) is 3.89. The number of hydrogen-bond acceptors (Lipinski definition) is 3. The first-order valence-electron chi connectivity index (χ1n) is 5.72. The zero-order valence-electron chi connectivity index (χ0n) is 10.4. The van der Waals surface area contributed by atoms with Crippen LogP contribution < -0.4 is 10.5 Å². The molecule has 4 nitrogen and oxygen atoms in total. The van der Waals surface area contributed by atoms with Gasteiger partial charge in [-0.25, -0.2) is 0 Å². The van der Waals surface area contributed by atoms with E-state index in [9.17, 15) is 13.2 Å². The Morgan fingerprint density at radius 1 is 1.42 bits per heavy atom. The van der Waals surface area contributed by atoms with Crippen LogP contribution in [-0.4, -0.2) is 17.6 Å². The Hall–Kier alpha value is -1.92. The average Bonchev–Trinajstić information content (AvgIpc) is 2.36. The number of unbranched alkanes of at least 4 members (excludes halogenated alkanes) is 1. The number of rotatable bonds is 5. The van der Waals surface area contributed by atoms with Gasteiger partial charge in [0, 0.05) is 5.56 Å². The molecule has 0 saturated carbocycles. The first kappa shape index (κ1) is 15.1. The standard InChI is InChI=1S/C12H15F3N2O2/c1-2-3-6-19-8-4-5-10(12(13,14)15)9(7-8)11(16)17-18/h4-5,7,18H,2-3,6H2,1H3,(H2,16,17). The Kier molecular flexibility index (Phi) is 5.02. The maximum Gasteiger partial charge on any atom is 0.417 e. The summed E-state index contributed by atoms with van der Waals surface area (Å²) in [6.45, 7) is 2.37. The molecule has 0 atom stereocenters. The van der Waals surface area contributed by atoms with Gasteiger partial charge in [0.05, 0.1) is 12.2 Å². The van der Waals surface area contributed by atoms with Gasteiger partial charge in [-0.05, 0) is 24.6 Å². The summed E-state index contributed by atoms with van der Waals surface area (Å²) in [6, 6.07) is 3.19. The van der Waals surface area contributed by atoms with Crippen LogP contribution in [0.4, 0.5) is 13.2 Å². The molecule has 0 saturated heterocycles. The van der Waals surface area contributed by atoms with E-state index in [4.69, 9.17) is 15.7 Å². The van der Waals surface area contributed by atoms with Gasteiger partial charge < -0.3 is 15.7 Å². The SMILES string of the molecule is CCCCOc1ccc(C(F)(F)F)c(/C(N)=N/O)c1. The molecule has 3 N–H and O–H groups in total. The van der Waals surface area contributed by atoms with Gasteiger partial charge in [-0.1, -0.05) is 18.5 Å². The summed E-state index contributed by atoms with van der Waals surface area (Å²) in [4.78, 5) is 0. The van der Waals surface area contributed by atoms with E-state index in [1.165, 1.54) is 6.07 Å². The van der Waals surface area contributed by atoms with Crippen LogP contribution in [-0.2, 0) is 6.18 Å². The highest BCUT2D eigenvalue weighted by Crippen LogP contribution is 2.33. The molecule has 0 amide bonds. The van der Waals surface area contributed by atoms with Crippen LogP contribution in [0, 0.1) is 0 Å². The van der Waals surface area contributed by atoms with E-state index >= 15 is 0 Å². The van der Waals surface area contributed by atoms with Crippen LogP contribution in [0.25, 0.3) is 0 Å². The third-order valence-electron chi connectivity index (χ3n) is 2.45. The van der Waals surface area contributed by atoms with Crippen LogP contribution in [0.1, 0.15) is 30.9 Å². The number of nitrogens with zero attached hydrogens (tertiary/aromatic N) is 1. The van der Waals surface area contributed by atoms with E-state index < -0.39 is 23.1 Å². The lowest BCUT2D eigenvalue weighted by Gasteiger charge is -2.14. The molecule has 1 aromatic rings. The monoisotopic (exact) mass is 276 g/mol. The largest absolute Gasteiger partial charge is 0.494 e. The van der Waals surface area contributed by atoms with E-state index in [-0.39, 0.29) is 5.75 Å². The second kappa shape index (κ2) is 6.31. The van der Waals surface area contributed by atoms with Crippen LogP contribution in [0.3, 0.4) is 0 Å². The summed E-state index contributed by atoms with van der Waals surface area (Å²) in [5.74, 6) is -0.351. The van der Waals surface area contributed by atoms with Crippen molar-refractivity contribution in [3.63, 3.8) is 0 Å². The lowest BCUT2D eigenvalue weighted by molar-refractivity contribution is -0.137. The molecule has 1 aromatic carbocycles. The van der Waals surface area contributed by atoms with Crippen molar-refractivity contribution in [3.05, 3.63) is 29.3 Å². The molecule has 0 bridgehead atoms. The van der Waals surface area contributed by atoms with Crippen molar-refractivity contribution in [3.8, 4) is 5.75 Å². The Labute approximate surface area is 108 Å². The third-order valence-corrected chi connectivity index (χ3v) is 2.45. The zero-order chi connectivity index (χ0) is 14.5. The smallest absolute Gasteiger partial charge is 0.417 e. The molecule has 106 valence electrons. The highest BCUT2D eigenvalue weighted by atomic mass is 19.4. The number of nitrogens with two attached hydrogens (primary N) is 1. The van der Waals surface area contributed by atoms with Crippen molar-refractivity contribution in [2.24, 2.45) is 10.9 Å². The Bertz CT molecular complexity index is 459. The quantitative estimate of drug-likeness (QED) is 0.285. The third kappa shape index (κ3) is 4.04. The number of alkyl halides is 3. The molecule has 0 heterocycles. The molecule has 0 radical (unpaired) electrons. The average molecular weight is 276 g/mol. The number of halogens is 3. The van der Waals surface area contributed by atoms with Crippen LogP contribution in [0.15, 0.2) is 23.4 Å². The summed E-state index contributed by atoms with van der Waals surface area (Å²) in [5.41, 5.74) is 3.89. The molecule has 0 spiro atoms. The van der Waals surface area contributed by atoms with Crippen molar-refractivity contribution < 1.29 is 23.1 Å². The van der Waals surface area contributed by atoms with Crippen LogP contribution in [0.2, 0.25) is 0 Å². The molecule has 0 fully saturated rings. The van der Waals surface area contributed by atoms with Gasteiger partial charge in [-0.2, -0.15) is 13.2 Å². The molecule has 0 aliphatic carbocycles. The van der Waals surface area contributed by atoms with Crippen molar-refractivity contribution in [2.45, 2.75) is 25.9 Å². The second-order valence-electron chi connectivity index (χ2n) is 3.89. The maximum atomic E-state index is 12.8. The number of oxime groups is 1. The van der Waals surface area contributed by atoms with Gasteiger partial charge >= 0.3 is 6.18 Å². The number of hydrogen-bond donors (Lipinski definition) is 2. The van der Waals surface area contributed by atoms with E-state index in [0.717, 1.165) is 25.0 Å².